The molecule has 2 radical (unpaired) electrons. The first-order chi connectivity index (χ1) is 57.5. The molecular formula is C74H44Cl6F18N6O14S6Tb2-2. The number of hydrogen-bond donors (Lipinski definition) is 0. The van der Waals surface area contributed by atoms with E-state index in [0.717, 1.165) is 79.2 Å². The molecule has 678 valence electrons. The van der Waals surface area contributed by atoms with Gasteiger partial charge in [-0.3, -0.25) is 28.8 Å². The Labute approximate surface area is 815 Å². The van der Waals surface area contributed by atoms with Gasteiger partial charge in [0.1, 0.15) is 73.3 Å². The van der Waals surface area contributed by atoms with Crippen LogP contribution in [0.2, 0.25) is 0 Å². The summed E-state index contributed by atoms with van der Waals surface area (Å²) in [6.45, 7) is 0. The summed E-state index contributed by atoms with van der Waals surface area (Å²) in [6.07, 6.45) is -5.49. The van der Waals surface area contributed by atoms with Gasteiger partial charge in [-0.1, -0.05) is 116 Å². The second-order valence-corrected chi connectivity index (χ2v) is 30.8. The zero-order valence-corrected chi connectivity index (χ0v) is 74.7. The van der Waals surface area contributed by atoms with Crippen molar-refractivity contribution in [3.8, 4) is 0 Å². The van der Waals surface area contributed by atoms with Crippen molar-refractivity contribution in [2.24, 2.45) is 0 Å². The Morgan fingerprint density at radius 3 is 0.619 bits per heavy atom. The molecule has 0 aliphatic heterocycles. The molecule has 0 N–H and O–H groups in total. The van der Waals surface area contributed by atoms with Crippen LogP contribution in [0.5, 0.6) is 0 Å². The number of aromatic nitrogens is 2. The Kier molecular flexibility index (Phi) is 56.7. The Bertz CT molecular complexity index is 4480. The third kappa shape index (κ3) is 50.4. The molecule has 8 aromatic rings. The molecule has 52 heteroatoms. The maximum Gasteiger partial charge on any atom is 0.458 e. The second-order valence-electron chi connectivity index (χ2n) is 21.1. The number of carbonyl (C=O) groups excluding carboxylic acids is 6. The molecule has 2 aliphatic carbocycles. The predicted octanol–water partition coefficient (Wildman–Crippen LogP) is 16.9. The molecular weight excluding hydrogens is 2260 g/mol. The van der Waals surface area contributed by atoms with E-state index in [1.54, 1.807) is 56.5 Å². The summed E-state index contributed by atoms with van der Waals surface area (Å²) < 4.78 is 211. The molecule has 8 aromatic heterocycles. The first-order valence-electron chi connectivity index (χ1n) is 31.6. The Balaban J connectivity index is 0. The zero-order valence-electron chi connectivity index (χ0n) is 61.0. The number of allylic oxidation sites excluding steroid dienone is 20. The molecule has 0 amide bonds. The molecule has 8 heterocycles. The van der Waals surface area contributed by atoms with Crippen LogP contribution >= 0.6 is 138 Å². The number of nitrogens with zero attached hydrogens (tertiary/aromatic N) is 6. The molecule has 20 nitrogen and oxygen atoms in total. The molecule has 0 atom stereocenters. The smallest absolute Gasteiger partial charge is 0.458 e. The Hall–Kier alpha value is -8.39. The van der Waals surface area contributed by atoms with E-state index < -0.39 is 115 Å². The fraction of sp³-hybridized carbons (Fsp3) is 0.108. The first kappa shape index (κ1) is 120. The van der Waals surface area contributed by atoms with Gasteiger partial charge >= 0.3 is 48.5 Å². The van der Waals surface area contributed by atoms with E-state index in [4.69, 9.17) is 80.7 Å². The largest absolute Gasteiger partial charge is 0.869 e. The van der Waals surface area contributed by atoms with Gasteiger partial charge in [-0.05, 0) is 140 Å². The molecule has 0 aromatic carbocycles. The third-order valence-corrected chi connectivity index (χ3v) is 17.6. The molecule has 0 unspecified atom stereocenters. The second kappa shape index (κ2) is 59.7. The van der Waals surface area contributed by atoms with Gasteiger partial charge in [0, 0.05) is 101 Å². The van der Waals surface area contributed by atoms with Crippen molar-refractivity contribution in [3.05, 3.63) is 360 Å². The van der Waals surface area contributed by atoms with Crippen molar-refractivity contribution >= 4 is 184 Å². The number of carbonyl (C=O) groups is 6. The summed E-state index contributed by atoms with van der Waals surface area (Å²) in [6, 6.07) is 23.7. The molecule has 126 heavy (non-hydrogen) atoms. The van der Waals surface area contributed by atoms with Gasteiger partial charge in [0.15, 0.2) is 68.1 Å². The minimum atomic E-state index is -4.98. The topological polar surface area (TPSA) is 367 Å². The maximum atomic E-state index is 11.7. The average Bonchev–Trinajstić information content (AvgIpc) is 1.05. The molecule has 0 saturated heterocycles. The zero-order chi connectivity index (χ0) is 94.5. The minimum Gasteiger partial charge on any atom is -0.869 e. The number of ketones is 6. The molecule has 10 rings (SSSR count). The number of alkyl halides is 24. The van der Waals surface area contributed by atoms with Crippen LogP contribution in [0, 0.1) is 113 Å². The molecule has 2 aliphatic rings. The Morgan fingerprint density at radius 1 is 0.333 bits per heavy atom. The van der Waals surface area contributed by atoms with Crippen LogP contribution in [0.3, 0.4) is 0 Å². The van der Waals surface area contributed by atoms with Crippen LogP contribution < -0.4 is 40.1 Å². The van der Waals surface area contributed by atoms with Crippen LogP contribution in [-0.4, -0.2) is 101 Å². The van der Waals surface area contributed by atoms with E-state index in [2.05, 4.69) is 9.58 Å². The van der Waals surface area contributed by atoms with Crippen LogP contribution in [0.4, 0.5) is 79.0 Å². The van der Waals surface area contributed by atoms with Gasteiger partial charge in [-0.15, -0.1) is 68.0 Å². The fourth-order valence-corrected chi connectivity index (χ4v) is 10.9. The van der Waals surface area contributed by atoms with Gasteiger partial charge in [0.2, 0.25) is 0 Å². The van der Waals surface area contributed by atoms with E-state index in [0.29, 0.717) is 32.0 Å². The third-order valence-electron chi connectivity index (χ3n) is 12.3. The number of thiophene rings is 6. The molecule has 0 fully saturated rings. The van der Waals surface area contributed by atoms with Crippen molar-refractivity contribution in [2.75, 3.05) is 0 Å². The van der Waals surface area contributed by atoms with Crippen LogP contribution in [0.15, 0.2) is 273 Å². The summed E-state index contributed by atoms with van der Waals surface area (Å²) in [7, 11) is 0. The van der Waals surface area contributed by atoms with Crippen molar-refractivity contribution in [1.82, 2.24) is 0 Å². The van der Waals surface area contributed by atoms with Gasteiger partial charge in [0.25, 0.3) is 11.1 Å². The normalized spacial score (nSPS) is 12.5. The van der Waals surface area contributed by atoms with E-state index in [9.17, 15) is 149 Å². The van der Waals surface area contributed by atoms with Gasteiger partial charge in [-0.2, -0.15) is 88.5 Å². The SMILES string of the molecule is ClC(Cl)Cl.ClC(Cl)Cl.O=C(/C=C(\[O-])C(F)(F)F)c1cccs1.O=C(/C=C(\[O-])C(F)(F)F)c1cccs1.O=C(/C=C(\[O-])C(F)(F)F)c1cccs1.O=C(/C=C(\[O-])C(F)(F)F)c1cccs1.O=C(/C=C(\[O-])C(F)(F)F)c1cccs1.O=C(/C=C(\[O-])C(F)(F)F)c1cccs1.[N-]=[N+]=C(C1=C[CH+]C=C[CH+]1)c1cc[n+]([O-])cc1.[N-]=[N+]=C(C1=C[CH+]C=C[CH+]1)c1cc[n+]([O-])cc1.[Tb].[Tb]. The van der Waals surface area contributed by atoms with Crippen molar-refractivity contribution in [3.63, 3.8) is 0 Å². The Morgan fingerprint density at radius 2 is 0.500 bits per heavy atom. The van der Waals surface area contributed by atoms with Crippen molar-refractivity contribution in [2.45, 2.75) is 45.6 Å². The predicted molar refractivity (Wildman–Crippen MR) is 417 cm³/mol. The number of rotatable bonds is 16. The van der Waals surface area contributed by atoms with E-state index in [1.807, 2.05) is 62.1 Å². The number of halogens is 24. The van der Waals surface area contributed by atoms with Gasteiger partial charge in [0.05, 0.1) is 29.3 Å². The average molecular weight is 2310 g/mol. The molecule has 0 bridgehead atoms. The summed E-state index contributed by atoms with van der Waals surface area (Å²) in [4.78, 5) is 73.2. The van der Waals surface area contributed by atoms with Crippen LogP contribution in [-0.2, 0) is 0 Å². The quantitative estimate of drug-likeness (QED) is 0.00742. The van der Waals surface area contributed by atoms with Gasteiger partial charge in [-0.25, -0.2) is 0 Å². The van der Waals surface area contributed by atoms with Crippen LogP contribution in [0.25, 0.3) is 11.1 Å². The maximum absolute atomic E-state index is 11.7. The molecule has 0 saturated carbocycles. The summed E-state index contributed by atoms with van der Waals surface area (Å²) in [5, 5.41) is 93.3. The summed E-state index contributed by atoms with van der Waals surface area (Å²) >= 11 is 34.7. The number of pyridine rings is 2. The number of hydrogen-bond acceptors (Lipinski definition) is 20. The fourth-order valence-electron chi connectivity index (χ4n) is 7.04. The molecule has 0 spiro atoms. The van der Waals surface area contributed by atoms with Crippen LogP contribution in [0.1, 0.15) is 69.2 Å². The van der Waals surface area contributed by atoms with Gasteiger partial charge < -0.3 is 52.1 Å². The summed E-state index contributed by atoms with van der Waals surface area (Å²) in [5.41, 5.74) is 21.9. The van der Waals surface area contributed by atoms with Crippen molar-refractivity contribution in [1.29, 1.82) is 0 Å². The first-order valence-corrected chi connectivity index (χ1v) is 39.4. The van der Waals surface area contributed by atoms with E-state index in [-0.39, 0.29) is 143 Å². The minimum absolute atomic E-state index is 0. The monoisotopic (exact) mass is 2300 g/mol. The van der Waals surface area contributed by atoms with Crippen molar-refractivity contribution < 1.29 is 235 Å². The standard InChI is InChI=1S/2C12H9N3O.6C8H5F3O2S.2CHCl3.2Tb/c2*13-14-12(10-4-2-1-3-5-10)11-6-8-15(16)9-7-11;6*9-8(10,11)7(13)4-5(12)6-2-1-3-14-6;2*2-1(3)4;;/h2*1-9H;6*1-4,13H;2*1H;;/q2*+2;;;;;;;;;;/p-6/b;;6*7-4-;;;;. The van der Waals surface area contributed by atoms with E-state index >= 15 is 0 Å². The summed E-state index contributed by atoms with van der Waals surface area (Å²) in [5.74, 6) is -18.3. The van der Waals surface area contributed by atoms with E-state index in [1.165, 1.54) is 97.6 Å².